The van der Waals surface area contributed by atoms with E-state index in [1.54, 1.807) is 48.5 Å². The summed E-state index contributed by atoms with van der Waals surface area (Å²) >= 11 is 0. The van der Waals surface area contributed by atoms with Gasteiger partial charge in [-0.15, -0.1) is 0 Å². The molecule has 18 atom stereocenters. The Kier molecular flexibility index (Phi) is 17.6. The number of carbonyl (C=O) groups is 1. The Hall–Kier alpha value is -1.54. The molecule has 5 N–H and O–H groups in total. The van der Waals surface area contributed by atoms with Crippen LogP contribution in [0.15, 0.2) is 5.16 Å². The van der Waals surface area contributed by atoms with Gasteiger partial charge in [-0.05, 0) is 101 Å². The van der Waals surface area contributed by atoms with Gasteiger partial charge in [-0.3, -0.25) is 9.69 Å². The fraction of sp³-hybridized carbons (Fsp3) is 0.953. The summed E-state index contributed by atoms with van der Waals surface area (Å²) in [5.41, 5.74) is -4.29. The van der Waals surface area contributed by atoms with Crippen LogP contribution in [0.3, 0.4) is 0 Å². The Bertz CT molecular complexity index is 1360. The number of carbonyl (C=O) groups excluding carboxylic acids is 1. The molecule has 16 nitrogen and oxygen atoms in total. The Morgan fingerprint density at radius 2 is 1.56 bits per heavy atom. The van der Waals surface area contributed by atoms with E-state index < -0.39 is 102 Å². The number of nitrogens with zero attached hydrogens (tertiary/aromatic N) is 3. The summed E-state index contributed by atoms with van der Waals surface area (Å²) in [6.45, 7) is 20.3. The molecule has 4 aliphatic rings. The van der Waals surface area contributed by atoms with Crippen molar-refractivity contribution in [2.45, 2.75) is 192 Å². The minimum Gasteiger partial charge on any atom is -0.459 e. The SMILES string of the molecule is CCC1OC(=O)[C@H](C)C(O[C@H]2C[C@@](C)(OC)[C@@H](O)[C@H](C)O2)[C@H](C)[C@@H](O[C@@H]2O[C@H](C)C[C@H](N(C)C)[C@H]2O)[C@](C)(O)C[C@@H](C)/C(=N\OCCN2CCCC2)[C@H](C)[C@@H](O)[C@]1(C)O. The topological polar surface area (TPSA) is 202 Å². The van der Waals surface area contributed by atoms with Crippen LogP contribution in [0.1, 0.15) is 108 Å². The Morgan fingerprint density at radius 1 is 0.915 bits per heavy atom. The lowest BCUT2D eigenvalue weighted by Crippen LogP contribution is -2.61. The van der Waals surface area contributed by atoms with Crippen molar-refractivity contribution in [3.63, 3.8) is 0 Å². The molecule has 0 aromatic carbocycles. The first-order valence-corrected chi connectivity index (χ1v) is 21.9. The zero-order chi connectivity index (χ0) is 44.2. The van der Waals surface area contributed by atoms with Crippen LogP contribution < -0.4 is 0 Å². The highest BCUT2D eigenvalue weighted by Gasteiger charge is 2.53. The molecule has 2 unspecified atom stereocenters. The number of oxime groups is 1. The van der Waals surface area contributed by atoms with Crippen molar-refractivity contribution in [3.05, 3.63) is 0 Å². The quantitative estimate of drug-likeness (QED) is 0.115. The number of likely N-dealkylation sites (N-methyl/N-ethyl adjacent to an activating group) is 1. The molecule has 344 valence electrons. The van der Waals surface area contributed by atoms with Crippen LogP contribution in [0, 0.1) is 23.7 Å². The van der Waals surface area contributed by atoms with Gasteiger partial charge in [0.1, 0.15) is 30.5 Å². The molecule has 16 heteroatoms. The average Bonchev–Trinajstić information content (AvgIpc) is 3.69. The molecular weight excluding hydrogens is 766 g/mol. The normalized spacial score (nSPS) is 46.9. The number of hydrogen-bond acceptors (Lipinski definition) is 16. The van der Waals surface area contributed by atoms with Gasteiger partial charge in [0.05, 0.1) is 53.4 Å². The van der Waals surface area contributed by atoms with Gasteiger partial charge in [-0.1, -0.05) is 32.9 Å². The number of aliphatic hydroxyl groups is 5. The van der Waals surface area contributed by atoms with E-state index >= 15 is 0 Å². The van der Waals surface area contributed by atoms with E-state index in [1.165, 1.54) is 14.0 Å². The summed E-state index contributed by atoms with van der Waals surface area (Å²) in [5, 5.41) is 64.1. The molecule has 59 heavy (non-hydrogen) atoms. The van der Waals surface area contributed by atoms with Gasteiger partial charge in [0.25, 0.3) is 0 Å². The van der Waals surface area contributed by atoms with Crippen molar-refractivity contribution in [3.8, 4) is 0 Å². The minimum atomic E-state index is -1.92. The van der Waals surface area contributed by atoms with Crippen LogP contribution in [-0.2, 0) is 38.1 Å². The van der Waals surface area contributed by atoms with E-state index in [0.29, 0.717) is 25.3 Å². The number of rotatable bonds is 11. The molecule has 4 rings (SSSR count). The average molecular weight is 846 g/mol. The molecule has 4 fully saturated rings. The predicted molar refractivity (Wildman–Crippen MR) is 220 cm³/mol. The predicted octanol–water partition coefficient (Wildman–Crippen LogP) is 2.68. The molecule has 0 saturated carbocycles. The molecule has 4 aliphatic heterocycles. The highest BCUT2D eigenvalue weighted by Crippen LogP contribution is 2.41. The molecule has 0 aromatic rings. The zero-order valence-electron chi connectivity index (χ0n) is 38.1. The third-order valence-electron chi connectivity index (χ3n) is 13.7. The maximum absolute atomic E-state index is 14.4. The number of cyclic esters (lactones) is 1. The van der Waals surface area contributed by atoms with Crippen LogP contribution in [-0.4, -0.2) is 179 Å². The fourth-order valence-corrected chi connectivity index (χ4v) is 9.89. The number of methoxy groups -OCH3 is 1. The molecule has 0 radical (unpaired) electrons. The van der Waals surface area contributed by atoms with Gasteiger partial charge >= 0.3 is 5.97 Å². The van der Waals surface area contributed by atoms with E-state index in [-0.39, 0.29) is 31.4 Å². The van der Waals surface area contributed by atoms with E-state index in [0.717, 1.165) is 25.9 Å². The van der Waals surface area contributed by atoms with Crippen LogP contribution in [0.25, 0.3) is 0 Å². The molecule has 0 spiro atoms. The van der Waals surface area contributed by atoms with Crippen LogP contribution in [0.2, 0.25) is 0 Å². The zero-order valence-corrected chi connectivity index (χ0v) is 38.1. The van der Waals surface area contributed by atoms with Crippen LogP contribution in [0.5, 0.6) is 0 Å². The van der Waals surface area contributed by atoms with Gasteiger partial charge < -0.3 is 63.7 Å². The highest BCUT2D eigenvalue weighted by molar-refractivity contribution is 5.88. The van der Waals surface area contributed by atoms with Crippen molar-refractivity contribution >= 4 is 11.7 Å². The smallest absolute Gasteiger partial charge is 0.311 e. The van der Waals surface area contributed by atoms with Gasteiger partial charge in [0.15, 0.2) is 12.6 Å². The number of aliphatic hydroxyl groups excluding tert-OH is 3. The van der Waals surface area contributed by atoms with Crippen molar-refractivity contribution in [1.29, 1.82) is 0 Å². The molecular formula is C43H79N3O13. The first-order valence-electron chi connectivity index (χ1n) is 21.9. The summed E-state index contributed by atoms with van der Waals surface area (Å²) in [6.07, 6.45) is -6.85. The third kappa shape index (κ3) is 11.7. The summed E-state index contributed by atoms with van der Waals surface area (Å²) < 4.78 is 37.8. The lowest BCUT2D eigenvalue weighted by atomic mass is 9.73. The van der Waals surface area contributed by atoms with Crippen LogP contribution >= 0.6 is 0 Å². The summed E-state index contributed by atoms with van der Waals surface area (Å²) in [5.74, 6) is -3.92. The highest BCUT2D eigenvalue weighted by atomic mass is 16.7. The molecule has 4 saturated heterocycles. The van der Waals surface area contributed by atoms with Crippen molar-refractivity contribution in [2.24, 2.45) is 28.8 Å². The standard InChI is InChI=1S/C43H79N3O13/c1-14-31-43(10,52)36(48)26(4)33(44-54-20-19-46-17-15-16-18-46)24(2)22-41(8,51)38(59-40-34(47)30(45(11)12)21-25(3)55-40)27(5)35(28(6)39(50)57-31)58-32-23-42(9,53-13)37(49)29(7)56-32/h24-32,34-38,40,47-49,51-52H,14-23H2,1-13H3/b44-33+/t24-,25-,26+,27+,28-,29+,30+,31?,32+,34-,35?,36-,37+,38-,40+,41-,42-,43-/m1/s1. The number of esters is 1. The fourth-order valence-electron chi connectivity index (χ4n) is 9.89. The van der Waals surface area contributed by atoms with E-state index in [9.17, 15) is 30.3 Å². The number of likely N-dealkylation sites (tertiary alicyclic amines) is 1. The van der Waals surface area contributed by atoms with E-state index in [1.807, 2.05) is 32.8 Å². The van der Waals surface area contributed by atoms with E-state index in [4.69, 9.17) is 33.3 Å². The minimum absolute atomic E-state index is 0.0264. The summed E-state index contributed by atoms with van der Waals surface area (Å²) in [6, 6.07) is -0.310. The second-order valence-corrected chi connectivity index (χ2v) is 19.0. The second-order valence-electron chi connectivity index (χ2n) is 19.0. The van der Waals surface area contributed by atoms with Gasteiger partial charge in [-0.2, -0.15) is 0 Å². The third-order valence-corrected chi connectivity index (χ3v) is 13.7. The molecule has 0 amide bonds. The summed E-state index contributed by atoms with van der Waals surface area (Å²) in [4.78, 5) is 24.5. The van der Waals surface area contributed by atoms with Crippen molar-refractivity contribution in [2.75, 3.05) is 47.4 Å². The monoisotopic (exact) mass is 846 g/mol. The first kappa shape index (κ1) is 50.1. The van der Waals surface area contributed by atoms with E-state index in [2.05, 4.69) is 10.1 Å². The lowest BCUT2D eigenvalue weighted by Gasteiger charge is -2.49. The maximum atomic E-state index is 14.4. The molecule has 4 heterocycles. The van der Waals surface area contributed by atoms with Gasteiger partial charge in [0.2, 0.25) is 0 Å². The van der Waals surface area contributed by atoms with Crippen LogP contribution in [0.4, 0.5) is 0 Å². The number of ether oxygens (including phenoxy) is 6. The Morgan fingerprint density at radius 3 is 2.15 bits per heavy atom. The maximum Gasteiger partial charge on any atom is 0.311 e. The van der Waals surface area contributed by atoms with Crippen molar-refractivity contribution < 1.29 is 63.6 Å². The first-order chi connectivity index (χ1) is 27.5. The molecule has 0 aliphatic carbocycles. The number of hydrogen-bond donors (Lipinski definition) is 5. The lowest BCUT2D eigenvalue weighted by molar-refractivity contribution is -0.317. The second kappa shape index (κ2) is 20.8. The Labute approximate surface area is 352 Å². The molecule has 0 aromatic heterocycles. The van der Waals surface area contributed by atoms with Crippen molar-refractivity contribution in [1.82, 2.24) is 9.80 Å². The van der Waals surface area contributed by atoms with Gasteiger partial charge in [-0.25, -0.2) is 0 Å². The largest absolute Gasteiger partial charge is 0.459 e. The molecule has 0 bridgehead atoms. The summed E-state index contributed by atoms with van der Waals surface area (Å²) in [7, 11) is 5.26. The van der Waals surface area contributed by atoms with Gasteiger partial charge in [0, 0.05) is 43.9 Å². The Balaban J connectivity index is 1.83.